The number of hydrogen-bond donors (Lipinski definition) is 3. The fourth-order valence-corrected chi connectivity index (χ4v) is 4.23. The Labute approximate surface area is 234 Å². The first-order valence-corrected chi connectivity index (χ1v) is 14.5. The fourth-order valence-electron chi connectivity index (χ4n) is 4.23. The number of aryl methyl sites for hydroxylation is 1. The number of unbranched alkanes of at least 4 members (excludes halogenated alkanes) is 2. The van der Waals surface area contributed by atoms with E-state index in [0.29, 0.717) is 17.1 Å². The average Bonchev–Trinajstić information content (AvgIpc) is 3.66. The number of benzene rings is 2. The van der Waals surface area contributed by atoms with Crippen LogP contribution in [-0.4, -0.2) is 59.5 Å². The molecule has 0 atom stereocenters. The molecule has 2 amide bonds. The van der Waals surface area contributed by atoms with Gasteiger partial charge in [-0.15, -0.1) is 0 Å². The van der Waals surface area contributed by atoms with Crippen molar-refractivity contribution in [2.24, 2.45) is 7.05 Å². The summed E-state index contributed by atoms with van der Waals surface area (Å²) >= 11 is 0. The molecular formula is C31H48N6O2. The second-order valence-electron chi connectivity index (χ2n) is 9.44. The van der Waals surface area contributed by atoms with Crippen molar-refractivity contribution >= 4 is 34.5 Å². The van der Waals surface area contributed by atoms with Crippen molar-refractivity contribution in [2.45, 2.75) is 66.2 Å². The summed E-state index contributed by atoms with van der Waals surface area (Å²) in [7, 11) is 3.54. The predicted molar refractivity (Wildman–Crippen MR) is 163 cm³/mol. The van der Waals surface area contributed by atoms with Gasteiger partial charge in [0.2, 0.25) is 5.95 Å². The first kappa shape index (κ1) is 31.8. The smallest absolute Gasteiger partial charge is 0.253 e. The van der Waals surface area contributed by atoms with Gasteiger partial charge in [0.1, 0.15) is 0 Å². The Morgan fingerprint density at radius 1 is 0.949 bits per heavy atom. The van der Waals surface area contributed by atoms with Crippen molar-refractivity contribution in [3.63, 3.8) is 0 Å². The van der Waals surface area contributed by atoms with Crippen molar-refractivity contribution in [3.8, 4) is 0 Å². The van der Waals surface area contributed by atoms with E-state index in [9.17, 15) is 9.59 Å². The Morgan fingerprint density at radius 2 is 1.54 bits per heavy atom. The van der Waals surface area contributed by atoms with E-state index in [1.165, 1.54) is 25.9 Å². The summed E-state index contributed by atoms with van der Waals surface area (Å²) in [5.41, 5.74) is 3.84. The molecule has 3 aromatic rings. The lowest BCUT2D eigenvalue weighted by Gasteiger charge is -2.22. The molecule has 2 aromatic carbocycles. The molecule has 1 saturated heterocycles. The monoisotopic (exact) mass is 536 g/mol. The van der Waals surface area contributed by atoms with Gasteiger partial charge in [-0.1, -0.05) is 40.5 Å². The summed E-state index contributed by atoms with van der Waals surface area (Å²) < 4.78 is 1.95. The van der Waals surface area contributed by atoms with E-state index in [1.54, 1.807) is 19.2 Å². The zero-order valence-corrected chi connectivity index (χ0v) is 24.8. The third kappa shape index (κ3) is 9.39. The highest BCUT2D eigenvalue weighted by Gasteiger charge is 2.17. The molecule has 1 fully saturated rings. The van der Waals surface area contributed by atoms with Crippen LogP contribution in [0.5, 0.6) is 0 Å². The average molecular weight is 537 g/mol. The van der Waals surface area contributed by atoms with Gasteiger partial charge >= 0.3 is 0 Å². The summed E-state index contributed by atoms with van der Waals surface area (Å²) in [6.07, 6.45) is 6.93. The molecule has 1 aliphatic heterocycles. The van der Waals surface area contributed by atoms with Gasteiger partial charge in [0.25, 0.3) is 11.8 Å². The number of anilines is 2. The number of nitrogens with one attached hydrogen (secondary N) is 3. The van der Waals surface area contributed by atoms with E-state index < -0.39 is 0 Å². The maximum absolute atomic E-state index is 13.2. The second-order valence-corrected chi connectivity index (χ2v) is 9.44. The molecule has 39 heavy (non-hydrogen) atoms. The normalized spacial score (nSPS) is 12.2. The van der Waals surface area contributed by atoms with Gasteiger partial charge in [0, 0.05) is 44.0 Å². The number of carbonyl (C=O) groups is 2. The number of carbonyl (C=O) groups excluding carboxylic acids is 2. The van der Waals surface area contributed by atoms with Crippen LogP contribution < -0.4 is 16.0 Å². The minimum absolute atomic E-state index is 0.0781. The lowest BCUT2D eigenvalue weighted by molar-refractivity contribution is 0.0751. The molecule has 2 heterocycles. The zero-order valence-electron chi connectivity index (χ0n) is 24.8. The molecular weight excluding hydrogens is 488 g/mol. The number of hydrogen-bond acceptors (Lipinski definition) is 5. The molecule has 214 valence electrons. The highest BCUT2D eigenvalue weighted by atomic mass is 16.2. The Hall–Kier alpha value is -3.39. The predicted octanol–water partition coefficient (Wildman–Crippen LogP) is 6.11. The van der Waals surface area contributed by atoms with Crippen LogP contribution >= 0.6 is 0 Å². The Balaban J connectivity index is 0.000000671. The lowest BCUT2D eigenvalue weighted by Crippen LogP contribution is -2.32. The van der Waals surface area contributed by atoms with E-state index in [0.717, 1.165) is 55.5 Å². The number of aromatic nitrogens is 2. The van der Waals surface area contributed by atoms with Crippen LogP contribution in [-0.2, 0) is 7.05 Å². The van der Waals surface area contributed by atoms with E-state index in [4.69, 9.17) is 0 Å². The highest BCUT2D eigenvalue weighted by Crippen LogP contribution is 2.24. The van der Waals surface area contributed by atoms with Gasteiger partial charge in [-0.2, -0.15) is 0 Å². The zero-order chi connectivity index (χ0) is 28.6. The van der Waals surface area contributed by atoms with E-state index in [-0.39, 0.29) is 11.8 Å². The topological polar surface area (TPSA) is 91.3 Å². The Bertz CT molecular complexity index is 1140. The van der Waals surface area contributed by atoms with Crippen LogP contribution in [0.3, 0.4) is 0 Å². The maximum atomic E-state index is 13.2. The molecule has 1 aliphatic rings. The van der Waals surface area contributed by atoms with Gasteiger partial charge in [0.05, 0.1) is 11.0 Å². The number of rotatable bonds is 10. The standard InChI is InChI=1S/C25H33N5O2.C4H9N.C2H6/c1-5-7-15-30(16-8-6-2)24(32)19-11-14-21-22(17-19)29(4)25(28-21)27-20-12-9-18(10-13-20)23(31)26-3;1-2-4-5-3-1;1-2/h9-14,17H,5-8,15-16H2,1-4H3,(H,26,31)(H,27,28);5H,1-4H2;1-2H3. The molecule has 0 saturated carbocycles. The third-order valence-corrected chi connectivity index (χ3v) is 6.57. The van der Waals surface area contributed by atoms with Crippen molar-refractivity contribution < 1.29 is 9.59 Å². The van der Waals surface area contributed by atoms with E-state index >= 15 is 0 Å². The third-order valence-electron chi connectivity index (χ3n) is 6.57. The first-order valence-electron chi connectivity index (χ1n) is 14.5. The molecule has 0 spiro atoms. The molecule has 4 rings (SSSR count). The summed E-state index contributed by atoms with van der Waals surface area (Å²) in [5, 5.41) is 9.14. The minimum Gasteiger partial charge on any atom is -0.355 e. The molecule has 8 heteroatoms. The largest absolute Gasteiger partial charge is 0.355 e. The highest BCUT2D eigenvalue weighted by molar-refractivity contribution is 5.98. The van der Waals surface area contributed by atoms with Crippen LogP contribution in [0.15, 0.2) is 42.5 Å². The number of fused-ring (bicyclic) bond motifs is 1. The van der Waals surface area contributed by atoms with Crippen LogP contribution in [0.1, 0.15) is 86.9 Å². The van der Waals surface area contributed by atoms with Gasteiger partial charge < -0.3 is 25.4 Å². The summed E-state index contributed by atoms with van der Waals surface area (Å²) in [6.45, 7) is 12.4. The maximum Gasteiger partial charge on any atom is 0.253 e. The van der Waals surface area contributed by atoms with E-state index in [2.05, 4.69) is 34.8 Å². The van der Waals surface area contributed by atoms with Crippen molar-refractivity contribution in [1.29, 1.82) is 0 Å². The lowest BCUT2D eigenvalue weighted by atomic mass is 10.1. The second kappa shape index (κ2) is 17.2. The van der Waals surface area contributed by atoms with Gasteiger partial charge in [-0.05, 0) is 81.2 Å². The van der Waals surface area contributed by atoms with Crippen LogP contribution in [0.25, 0.3) is 11.0 Å². The molecule has 3 N–H and O–H groups in total. The molecule has 0 radical (unpaired) electrons. The molecule has 0 bridgehead atoms. The summed E-state index contributed by atoms with van der Waals surface area (Å²) in [4.78, 5) is 31.5. The van der Waals surface area contributed by atoms with E-state index in [1.807, 2.05) is 60.7 Å². The Morgan fingerprint density at radius 3 is 2.05 bits per heavy atom. The quantitative estimate of drug-likeness (QED) is 0.291. The molecule has 0 unspecified atom stereocenters. The first-order chi connectivity index (χ1) is 19.0. The van der Waals surface area contributed by atoms with Crippen LogP contribution in [0, 0.1) is 0 Å². The number of nitrogens with zero attached hydrogens (tertiary/aromatic N) is 3. The number of imidazole rings is 1. The van der Waals surface area contributed by atoms with Gasteiger partial charge in [-0.25, -0.2) is 4.98 Å². The summed E-state index contributed by atoms with van der Waals surface area (Å²) in [6, 6.07) is 12.9. The Kier molecular flexibility index (Phi) is 14.1. The fraction of sp³-hybridized carbons (Fsp3) is 0.516. The van der Waals surface area contributed by atoms with Crippen molar-refractivity contribution in [2.75, 3.05) is 38.5 Å². The number of amides is 2. The molecule has 0 aliphatic carbocycles. The van der Waals surface area contributed by atoms with Crippen molar-refractivity contribution in [3.05, 3.63) is 53.6 Å². The molecule has 1 aromatic heterocycles. The van der Waals surface area contributed by atoms with Crippen LogP contribution in [0.4, 0.5) is 11.6 Å². The summed E-state index contributed by atoms with van der Waals surface area (Å²) in [5.74, 6) is 0.629. The van der Waals surface area contributed by atoms with Gasteiger partial charge in [0.15, 0.2) is 0 Å². The minimum atomic E-state index is -0.122. The van der Waals surface area contributed by atoms with Crippen molar-refractivity contribution in [1.82, 2.24) is 25.1 Å². The SMILES string of the molecule is C1CCNC1.CC.CCCCN(CCCC)C(=O)c1ccc2nc(Nc3ccc(C(=O)NC)cc3)n(C)c2c1. The van der Waals surface area contributed by atoms with Gasteiger partial charge in [-0.3, -0.25) is 9.59 Å². The van der Waals surface area contributed by atoms with Crippen LogP contribution in [0.2, 0.25) is 0 Å². The molecule has 8 nitrogen and oxygen atoms in total.